The molecule has 0 spiro atoms. The van der Waals surface area contributed by atoms with Crippen molar-refractivity contribution < 1.29 is 0 Å². The molecule has 0 bridgehead atoms. The number of imidazole rings is 1. The van der Waals surface area contributed by atoms with Crippen molar-refractivity contribution in [3.05, 3.63) is 18.7 Å². The topological polar surface area (TPSA) is 29.9 Å². The molecule has 1 N–H and O–H groups in total. The molecule has 0 radical (unpaired) electrons. The second-order valence-corrected chi connectivity index (χ2v) is 4.20. The lowest BCUT2D eigenvalue weighted by molar-refractivity contribution is 0.340. The van der Waals surface area contributed by atoms with E-state index < -0.39 is 0 Å². The largest absolute Gasteiger partial charge is 0.336 e. The number of hydrogen-bond donors (Lipinski definition) is 1. The molecule has 78 valence electrons. The van der Waals surface area contributed by atoms with Crippen molar-refractivity contribution in [2.24, 2.45) is 5.92 Å². The maximum absolute atomic E-state index is 4.07. The summed E-state index contributed by atoms with van der Waals surface area (Å²) in [6, 6.07) is 0.617. The molecule has 1 aliphatic rings. The van der Waals surface area contributed by atoms with Gasteiger partial charge in [0.1, 0.15) is 0 Å². The third-order valence-corrected chi connectivity index (χ3v) is 3.31. The summed E-state index contributed by atoms with van der Waals surface area (Å²) in [5.74, 6) is 0.863. The van der Waals surface area contributed by atoms with Crippen LogP contribution in [0.4, 0.5) is 0 Å². The van der Waals surface area contributed by atoms with Crippen LogP contribution in [-0.2, 0) is 6.54 Å². The van der Waals surface area contributed by atoms with Gasteiger partial charge >= 0.3 is 0 Å². The zero-order valence-corrected chi connectivity index (χ0v) is 8.82. The van der Waals surface area contributed by atoms with E-state index in [0.717, 1.165) is 12.5 Å². The molecule has 1 aromatic rings. The van der Waals surface area contributed by atoms with E-state index in [4.69, 9.17) is 0 Å². The number of aromatic nitrogens is 2. The summed E-state index contributed by atoms with van der Waals surface area (Å²) in [5.41, 5.74) is 0. The van der Waals surface area contributed by atoms with Gasteiger partial charge in [0.25, 0.3) is 0 Å². The summed E-state index contributed by atoms with van der Waals surface area (Å²) in [7, 11) is 2.07. The monoisotopic (exact) mass is 193 g/mol. The van der Waals surface area contributed by atoms with E-state index in [1.54, 1.807) is 0 Å². The molecule has 1 aromatic heterocycles. The summed E-state index contributed by atoms with van der Waals surface area (Å²) >= 11 is 0. The van der Waals surface area contributed by atoms with E-state index in [1.165, 1.54) is 25.7 Å². The SMILES string of the molecule is CNC(Cn1ccnc1)C1CCCC1. The molecule has 1 unspecified atom stereocenters. The number of hydrogen-bond acceptors (Lipinski definition) is 2. The van der Waals surface area contributed by atoms with Crippen LogP contribution < -0.4 is 5.32 Å². The molecule has 1 aliphatic carbocycles. The Bertz CT molecular complexity index is 250. The van der Waals surface area contributed by atoms with Gasteiger partial charge in [-0.15, -0.1) is 0 Å². The van der Waals surface area contributed by atoms with Gasteiger partial charge in [-0.3, -0.25) is 0 Å². The van der Waals surface area contributed by atoms with Crippen molar-refractivity contribution in [1.29, 1.82) is 0 Å². The van der Waals surface area contributed by atoms with Crippen LogP contribution in [0.2, 0.25) is 0 Å². The average molecular weight is 193 g/mol. The highest BCUT2D eigenvalue weighted by molar-refractivity contribution is 4.83. The molecular formula is C11H19N3. The second kappa shape index (κ2) is 4.60. The highest BCUT2D eigenvalue weighted by atomic mass is 15.1. The molecule has 14 heavy (non-hydrogen) atoms. The van der Waals surface area contributed by atoms with E-state index in [0.29, 0.717) is 6.04 Å². The van der Waals surface area contributed by atoms with Gasteiger partial charge in [-0.1, -0.05) is 12.8 Å². The summed E-state index contributed by atoms with van der Waals surface area (Å²) in [6.07, 6.45) is 11.4. The number of rotatable bonds is 4. The van der Waals surface area contributed by atoms with Gasteiger partial charge in [0.05, 0.1) is 6.33 Å². The van der Waals surface area contributed by atoms with Crippen LogP contribution >= 0.6 is 0 Å². The molecule has 3 heteroatoms. The highest BCUT2D eigenvalue weighted by Crippen LogP contribution is 2.28. The molecule has 1 fully saturated rings. The Morgan fingerprint density at radius 3 is 2.86 bits per heavy atom. The van der Waals surface area contributed by atoms with Crippen LogP contribution in [0.15, 0.2) is 18.7 Å². The van der Waals surface area contributed by atoms with Crippen molar-refractivity contribution in [3.8, 4) is 0 Å². The predicted octanol–water partition coefficient (Wildman–Crippen LogP) is 1.66. The molecule has 3 nitrogen and oxygen atoms in total. The lowest BCUT2D eigenvalue weighted by atomic mass is 9.98. The first-order chi connectivity index (χ1) is 6.90. The minimum absolute atomic E-state index is 0.617. The van der Waals surface area contributed by atoms with Gasteiger partial charge < -0.3 is 9.88 Å². The van der Waals surface area contributed by atoms with Gasteiger partial charge in [0, 0.05) is 25.0 Å². The summed E-state index contributed by atoms with van der Waals surface area (Å²) < 4.78 is 2.17. The van der Waals surface area contributed by atoms with E-state index in [1.807, 2.05) is 18.7 Å². The Morgan fingerprint density at radius 1 is 1.50 bits per heavy atom. The fourth-order valence-corrected chi connectivity index (χ4v) is 2.46. The first kappa shape index (κ1) is 9.71. The third-order valence-electron chi connectivity index (χ3n) is 3.31. The van der Waals surface area contributed by atoms with Crippen molar-refractivity contribution in [3.63, 3.8) is 0 Å². The van der Waals surface area contributed by atoms with Crippen molar-refractivity contribution >= 4 is 0 Å². The fourth-order valence-electron chi connectivity index (χ4n) is 2.46. The first-order valence-electron chi connectivity index (χ1n) is 5.53. The van der Waals surface area contributed by atoms with E-state index in [-0.39, 0.29) is 0 Å². The molecule has 0 amide bonds. The van der Waals surface area contributed by atoms with Crippen LogP contribution in [0.25, 0.3) is 0 Å². The molecule has 1 atom stereocenters. The van der Waals surface area contributed by atoms with E-state index >= 15 is 0 Å². The standard InChI is InChI=1S/C11H19N3/c1-12-11(10-4-2-3-5-10)8-14-7-6-13-9-14/h6-7,9-12H,2-5,8H2,1H3. The first-order valence-corrected chi connectivity index (χ1v) is 5.53. The van der Waals surface area contributed by atoms with Crippen molar-refractivity contribution in [2.45, 2.75) is 38.3 Å². The Kier molecular flexibility index (Phi) is 3.19. The van der Waals surface area contributed by atoms with E-state index in [2.05, 4.69) is 21.9 Å². The Hall–Kier alpha value is -0.830. The number of nitrogens with zero attached hydrogens (tertiary/aromatic N) is 2. The summed E-state index contributed by atoms with van der Waals surface area (Å²) in [6.45, 7) is 1.06. The van der Waals surface area contributed by atoms with Gasteiger partial charge in [0.15, 0.2) is 0 Å². The van der Waals surface area contributed by atoms with Gasteiger partial charge in [-0.25, -0.2) is 4.98 Å². The fraction of sp³-hybridized carbons (Fsp3) is 0.727. The van der Waals surface area contributed by atoms with Crippen LogP contribution in [0, 0.1) is 5.92 Å². The smallest absolute Gasteiger partial charge is 0.0946 e. The minimum atomic E-state index is 0.617. The second-order valence-electron chi connectivity index (χ2n) is 4.20. The molecule has 1 heterocycles. The zero-order chi connectivity index (χ0) is 9.80. The van der Waals surface area contributed by atoms with Gasteiger partial charge in [0.2, 0.25) is 0 Å². The van der Waals surface area contributed by atoms with E-state index in [9.17, 15) is 0 Å². The number of likely N-dealkylation sites (N-methyl/N-ethyl adjacent to an activating group) is 1. The summed E-state index contributed by atoms with van der Waals surface area (Å²) in [4.78, 5) is 4.07. The minimum Gasteiger partial charge on any atom is -0.336 e. The third kappa shape index (κ3) is 2.15. The average Bonchev–Trinajstić information content (AvgIpc) is 2.86. The van der Waals surface area contributed by atoms with Crippen LogP contribution in [0.1, 0.15) is 25.7 Å². The molecule has 1 saturated carbocycles. The maximum atomic E-state index is 4.07. The van der Waals surface area contributed by atoms with Crippen LogP contribution in [-0.4, -0.2) is 22.6 Å². The molecule has 2 rings (SSSR count). The lowest BCUT2D eigenvalue weighted by Crippen LogP contribution is -2.36. The molecular weight excluding hydrogens is 174 g/mol. The quantitative estimate of drug-likeness (QED) is 0.788. The normalized spacial score (nSPS) is 20.1. The highest BCUT2D eigenvalue weighted by Gasteiger charge is 2.23. The lowest BCUT2D eigenvalue weighted by Gasteiger charge is -2.23. The van der Waals surface area contributed by atoms with Crippen LogP contribution in [0.5, 0.6) is 0 Å². The van der Waals surface area contributed by atoms with Crippen molar-refractivity contribution in [1.82, 2.24) is 14.9 Å². The van der Waals surface area contributed by atoms with Crippen LogP contribution in [0.3, 0.4) is 0 Å². The Balaban J connectivity index is 1.92. The predicted molar refractivity (Wildman–Crippen MR) is 57.0 cm³/mol. The molecule has 0 aromatic carbocycles. The van der Waals surface area contributed by atoms with Gasteiger partial charge in [-0.2, -0.15) is 0 Å². The molecule has 0 saturated heterocycles. The Morgan fingerprint density at radius 2 is 2.29 bits per heavy atom. The Labute approximate surface area is 85.5 Å². The van der Waals surface area contributed by atoms with Crippen molar-refractivity contribution in [2.75, 3.05) is 7.05 Å². The maximum Gasteiger partial charge on any atom is 0.0946 e. The summed E-state index contributed by atoms with van der Waals surface area (Å²) in [5, 5.41) is 3.43. The molecule has 0 aliphatic heterocycles. The zero-order valence-electron chi connectivity index (χ0n) is 8.82. The van der Waals surface area contributed by atoms with Gasteiger partial charge in [-0.05, 0) is 25.8 Å². The number of nitrogens with one attached hydrogen (secondary N) is 1.